The molecule has 0 fully saturated rings. The van der Waals surface area contributed by atoms with Crippen LogP contribution >= 0.6 is 11.6 Å². The van der Waals surface area contributed by atoms with Gasteiger partial charge in [0.2, 0.25) is 0 Å². The van der Waals surface area contributed by atoms with Gasteiger partial charge in [0.1, 0.15) is 0 Å². The van der Waals surface area contributed by atoms with Crippen molar-refractivity contribution >= 4 is 17.6 Å². The first-order valence-corrected chi connectivity index (χ1v) is 3.75. The van der Waals surface area contributed by atoms with Crippen LogP contribution in [0, 0.1) is 5.41 Å². The van der Waals surface area contributed by atoms with Gasteiger partial charge >= 0.3 is 5.97 Å². The summed E-state index contributed by atoms with van der Waals surface area (Å²) in [5.41, 5.74) is -0.917. The summed E-state index contributed by atoms with van der Waals surface area (Å²) in [5.74, 6) is -1.40. The van der Waals surface area contributed by atoms with Crippen LogP contribution in [0.5, 0.6) is 0 Å². The summed E-state index contributed by atoms with van der Waals surface area (Å²) in [5, 5.41) is 24.7. The first-order chi connectivity index (χ1) is 6.06. The first-order valence-electron chi connectivity index (χ1n) is 3.22. The van der Waals surface area contributed by atoms with Crippen LogP contribution in [0.1, 0.15) is 16.2 Å². The summed E-state index contributed by atoms with van der Waals surface area (Å²) in [7, 11) is 0. The van der Waals surface area contributed by atoms with Gasteiger partial charge in [0.15, 0.2) is 11.2 Å². The van der Waals surface area contributed by atoms with Crippen molar-refractivity contribution in [2.75, 3.05) is 0 Å². The highest BCUT2D eigenvalue weighted by atomic mass is 35.5. The van der Waals surface area contributed by atoms with Gasteiger partial charge in [-0.3, -0.25) is 5.41 Å². The molecule has 0 aliphatic heterocycles. The Morgan fingerprint density at radius 3 is 2.85 bits per heavy atom. The Kier molecular flexibility index (Phi) is 2.52. The van der Waals surface area contributed by atoms with Crippen LogP contribution in [0.3, 0.4) is 0 Å². The van der Waals surface area contributed by atoms with Crippen molar-refractivity contribution < 1.29 is 15.1 Å². The molecule has 0 amide bonds. The van der Waals surface area contributed by atoms with E-state index >= 15 is 0 Å². The lowest BCUT2D eigenvalue weighted by molar-refractivity contribution is 0.0677. The van der Waals surface area contributed by atoms with Crippen LogP contribution in [0.25, 0.3) is 0 Å². The zero-order chi connectivity index (χ0) is 10.0. The van der Waals surface area contributed by atoms with Gasteiger partial charge in [-0.25, -0.2) is 9.78 Å². The van der Waals surface area contributed by atoms with Gasteiger partial charge < -0.3 is 10.3 Å². The van der Waals surface area contributed by atoms with Crippen LogP contribution < -0.4 is 5.49 Å². The molecule has 1 rings (SSSR count). The fraction of sp³-hybridized carbons (Fsp3) is 0.167. The molecule has 13 heavy (non-hydrogen) atoms. The number of nitrogens with one attached hydrogen (secondary N) is 1. The van der Waals surface area contributed by atoms with E-state index in [2.05, 4.69) is 4.98 Å². The van der Waals surface area contributed by atoms with Crippen molar-refractivity contribution in [3.63, 3.8) is 0 Å². The predicted octanol–water partition coefficient (Wildman–Crippen LogP) is 0.0369. The number of halogens is 1. The van der Waals surface area contributed by atoms with E-state index in [-0.39, 0.29) is 11.6 Å². The van der Waals surface area contributed by atoms with E-state index in [1.807, 2.05) is 0 Å². The number of nitrogens with zero attached hydrogens (tertiary/aromatic N) is 2. The maximum Gasteiger partial charge on any atom is 0.358 e. The third kappa shape index (κ3) is 1.78. The smallest absolute Gasteiger partial charge is 0.358 e. The normalized spacial score (nSPS) is 9.92. The van der Waals surface area contributed by atoms with E-state index in [0.29, 0.717) is 4.73 Å². The number of hydrogen-bond donors (Lipinski definition) is 3. The maximum absolute atomic E-state index is 10.5. The quantitative estimate of drug-likeness (QED) is 0.467. The largest absolute Gasteiger partial charge is 0.476 e. The first kappa shape index (κ1) is 9.53. The molecule has 0 aliphatic rings. The molecule has 0 atom stereocenters. The van der Waals surface area contributed by atoms with Crippen molar-refractivity contribution in [2.45, 2.75) is 5.88 Å². The number of alkyl halides is 1. The number of carboxylic acids is 1. The molecule has 0 spiro atoms. The van der Waals surface area contributed by atoms with E-state index in [1.54, 1.807) is 0 Å². The molecule has 0 aromatic carbocycles. The molecular formula is C6H6ClN3O3. The standard InChI is InChI=1S/C6H6ClN3O3/c7-1-3-2-10(13)5(8)4(9-3)6(11)12/h2,8,13H,1H2,(H,11,12). The van der Waals surface area contributed by atoms with E-state index in [4.69, 9.17) is 27.3 Å². The molecule has 0 aliphatic carbocycles. The molecule has 1 aromatic rings. The Balaban J connectivity index is 3.42. The second-order valence-corrected chi connectivity index (χ2v) is 2.48. The summed E-state index contributed by atoms with van der Waals surface area (Å²) in [6.07, 6.45) is 1.09. The number of rotatable bonds is 2. The second-order valence-electron chi connectivity index (χ2n) is 2.21. The van der Waals surface area contributed by atoms with Crippen molar-refractivity contribution in [2.24, 2.45) is 0 Å². The number of aromatic carboxylic acids is 1. The number of hydrogen-bond acceptors (Lipinski definition) is 4. The van der Waals surface area contributed by atoms with Gasteiger partial charge in [0.05, 0.1) is 17.8 Å². The fourth-order valence-electron chi connectivity index (χ4n) is 0.753. The monoisotopic (exact) mass is 203 g/mol. The van der Waals surface area contributed by atoms with E-state index in [9.17, 15) is 4.79 Å². The fourth-order valence-corrected chi connectivity index (χ4v) is 0.882. The lowest BCUT2D eigenvalue weighted by atomic mass is 10.4. The minimum atomic E-state index is -1.38. The van der Waals surface area contributed by atoms with Crippen LogP contribution in [0.4, 0.5) is 0 Å². The molecule has 0 saturated carbocycles. The Morgan fingerprint density at radius 2 is 2.38 bits per heavy atom. The molecule has 70 valence electrons. The van der Waals surface area contributed by atoms with Crippen molar-refractivity contribution in [1.82, 2.24) is 9.71 Å². The topological polar surface area (TPSA) is 99.2 Å². The van der Waals surface area contributed by atoms with E-state index in [1.165, 1.54) is 0 Å². The molecule has 0 saturated heterocycles. The van der Waals surface area contributed by atoms with Crippen molar-refractivity contribution in [3.05, 3.63) is 23.1 Å². The minimum Gasteiger partial charge on any atom is -0.476 e. The molecule has 0 radical (unpaired) electrons. The highest BCUT2D eigenvalue weighted by molar-refractivity contribution is 6.16. The summed E-state index contributed by atoms with van der Waals surface area (Å²) in [4.78, 5) is 14.0. The zero-order valence-electron chi connectivity index (χ0n) is 6.36. The van der Waals surface area contributed by atoms with E-state index in [0.717, 1.165) is 6.20 Å². The van der Waals surface area contributed by atoms with Gasteiger partial charge in [-0.05, 0) is 0 Å². The third-order valence-electron chi connectivity index (χ3n) is 1.32. The Bertz CT molecular complexity index is 401. The second kappa shape index (κ2) is 3.44. The summed E-state index contributed by atoms with van der Waals surface area (Å²) in [6, 6.07) is 0. The zero-order valence-corrected chi connectivity index (χ0v) is 7.12. The van der Waals surface area contributed by atoms with E-state index < -0.39 is 17.2 Å². The number of carboxylic acid groups (broad SMARTS) is 1. The molecule has 3 N–H and O–H groups in total. The summed E-state index contributed by atoms with van der Waals surface area (Å²) in [6.45, 7) is 0. The minimum absolute atomic E-state index is 0.0267. The highest BCUT2D eigenvalue weighted by Crippen LogP contribution is 1.97. The summed E-state index contributed by atoms with van der Waals surface area (Å²) >= 11 is 5.39. The van der Waals surface area contributed by atoms with Crippen molar-refractivity contribution in [1.29, 1.82) is 5.41 Å². The van der Waals surface area contributed by atoms with Crippen molar-refractivity contribution in [3.8, 4) is 0 Å². The average Bonchev–Trinajstić information content (AvgIpc) is 2.09. The molecule has 1 aromatic heterocycles. The van der Waals surface area contributed by atoms with Gasteiger partial charge in [-0.15, -0.1) is 11.6 Å². The molecule has 0 unspecified atom stereocenters. The average molecular weight is 204 g/mol. The highest BCUT2D eigenvalue weighted by Gasteiger charge is 2.11. The van der Waals surface area contributed by atoms with Crippen LogP contribution in [0.2, 0.25) is 0 Å². The third-order valence-corrected chi connectivity index (χ3v) is 1.59. The number of aromatic nitrogens is 2. The van der Waals surface area contributed by atoms with Crippen LogP contribution in [-0.4, -0.2) is 26.0 Å². The lowest BCUT2D eigenvalue weighted by Crippen LogP contribution is -2.27. The van der Waals surface area contributed by atoms with Gasteiger partial charge in [0.25, 0.3) is 0 Å². The maximum atomic E-state index is 10.5. The Hall–Kier alpha value is -1.56. The van der Waals surface area contributed by atoms with Gasteiger partial charge in [0, 0.05) is 0 Å². The lowest BCUT2D eigenvalue weighted by Gasteiger charge is -2.02. The Morgan fingerprint density at radius 1 is 1.77 bits per heavy atom. The van der Waals surface area contributed by atoms with Gasteiger partial charge in [-0.2, -0.15) is 4.73 Å². The summed E-state index contributed by atoms with van der Waals surface area (Å²) < 4.78 is 0.369. The van der Waals surface area contributed by atoms with Crippen LogP contribution in [0.15, 0.2) is 6.20 Å². The Labute approximate surface area is 77.5 Å². The molecule has 1 heterocycles. The molecule has 7 heteroatoms. The number of carbonyl (C=O) groups is 1. The van der Waals surface area contributed by atoms with Gasteiger partial charge in [-0.1, -0.05) is 0 Å². The molecule has 0 bridgehead atoms. The van der Waals surface area contributed by atoms with Crippen LogP contribution in [-0.2, 0) is 5.88 Å². The molecular weight excluding hydrogens is 198 g/mol. The molecule has 6 nitrogen and oxygen atoms in total. The predicted molar refractivity (Wildman–Crippen MR) is 41.8 cm³/mol. The SMILES string of the molecule is N=c1c(C(=O)O)nc(CCl)cn1O.